The first kappa shape index (κ1) is 9.22. The highest BCUT2D eigenvalue weighted by Crippen LogP contribution is 2.25. The minimum Gasteiger partial charge on any atom is -0.297 e. The molecular weight excluding hydrogens is 354 g/mol. The average molecular weight is 364 g/mol. The van der Waals surface area contributed by atoms with E-state index in [1.165, 1.54) is 12.8 Å². The minimum absolute atomic E-state index is 0.294. The van der Waals surface area contributed by atoms with E-state index in [0.717, 1.165) is 12.8 Å². The second-order valence-corrected chi connectivity index (χ2v) is 5.63. The smallest absolute Gasteiger partial charge is 0.158 e. The first-order valence-electron chi connectivity index (χ1n) is 3.53. The van der Waals surface area contributed by atoms with Gasteiger partial charge >= 0.3 is 0 Å². The van der Waals surface area contributed by atoms with Crippen molar-refractivity contribution in [2.24, 2.45) is 0 Å². The third-order valence-corrected chi connectivity index (χ3v) is 4.26. The fourth-order valence-corrected chi connectivity index (χ4v) is 3.56. The Labute approximate surface area is 88.6 Å². The molecule has 1 aliphatic rings. The quantitative estimate of drug-likeness (QED) is 0.367. The SMILES string of the molecule is O=C1C(I)CCCCC1I. The van der Waals surface area contributed by atoms with E-state index in [9.17, 15) is 4.79 Å². The molecule has 58 valence electrons. The number of ketones is 1. The molecule has 0 aliphatic heterocycles. The predicted molar refractivity (Wildman–Crippen MR) is 59.1 cm³/mol. The molecule has 1 fully saturated rings. The van der Waals surface area contributed by atoms with E-state index in [1.807, 2.05) is 0 Å². The standard InChI is InChI=1S/C7H10I2O/c8-5-3-1-2-4-6(9)7(5)10/h5-6H,1-4H2. The number of halogens is 2. The van der Waals surface area contributed by atoms with Gasteiger partial charge < -0.3 is 0 Å². The molecule has 0 N–H and O–H groups in total. The maximum absolute atomic E-state index is 11.3. The molecule has 0 aromatic heterocycles. The summed E-state index contributed by atoms with van der Waals surface area (Å²) in [5, 5.41) is 0. The van der Waals surface area contributed by atoms with Gasteiger partial charge in [-0.05, 0) is 12.8 Å². The molecule has 1 rings (SSSR count). The predicted octanol–water partition coefficient (Wildman–Crippen LogP) is 2.74. The Bertz CT molecular complexity index is 122. The minimum atomic E-state index is 0.294. The van der Waals surface area contributed by atoms with Crippen LogP contribution in [0.15, 0.2) is 0 Å². The largest absolute Gasteiger partial charge is 0.297 e. The molecule has 0 aromatic carbocycles. The van der Waals surface area contributed by atoms with Crippen LogP contribution < -0.4 is 0 Å². The number of Topliss-reactive ketones (excluding diaryl/α,β-unsaturated/α-hetero) is 1. The van der Waals surface area contributed by atoms with E-state index in [-0.39, 0.29) is 0 Å². The normalized spacial score (nSPS) is 35.6. The zero-order valence-electron chi connectivity index (χ0n) is 5.65. The summed E-state index contributed by atoms with van der Waals surface area (Å²) in [6.45, 7) is 0. The third-order valence-electron chi connectivity index (χ3n) is 1.78. The van der Waals surface area contributed by atoms with Gasteiger partial charge in [-0.2, -0.15) is 0 Å². The number of hydrogen-bond acceptors (Lipinski definition) is 1. The van der Waals surface area contributed by atoms with Crippen LogP contribution in [0.2, 0.25) is 0 Å². The van der Waals surface area contributed by atoms with Gasteiger partial charge in [0.2, 0.25) is 0 Å². The van der Waals surface area contributed by atoms with Crippen molar-refractivity contribution in [3.63, 3.8) is 0 Å². The van der Waals surface area contributed by atoms with Crippen LogP contribution in [-0.4, -0.2) is 13.6 Å². The maximum Gasteiger partial charge on any atom is 0.158 e. The summed E-state index contributed by atoms with van der Waals surface area (Å²) >= 11 is 4.54. The molecule has 0 bridgehead atoms. The number of alkyl halides is 2. The second-order valence-electron chi connectivity index (χ2n) is 2.62. The Balaban J connectivity index is 2.55. The van der Waals surface area contributed by atoms with E-state index in [2.05, 4.69) is 45.2 Å². The van der Waals surface area contributed by atoms with E-state index in [1.54, 1.807) is 0 Å². The van der Waals surface area contributed by atoms with Gasteiger partial charge in [-0.1, -0.05) is 58.0 Å². The number of carbonyl (C=O) groups excluding carboxylic acids is 1. The molecule has 1 aliphatic carbocycles. The van der Waals surface area contributed by atoms with Crippen LogP contribution in [0.1, 0.15) is 25.7 Å². The van der Waals surface area contributed by atoms with Gasteiger partial charge in [-0.25, -0.2) is 0 Å². The summed E-state index contributed by atoms with van der Waals surface area (Å²) in [6.07, 6.45) is 4.66. The highest BCUT2D eigenvalue weighted by Gasteiger charge is 2.24. The van der Waals surface area contributed by atoms with Crippen LogP contribution in [-0.2, 0) is 4.79 Å². The molecule has 10 heavy (non-hydrogen) atoms. The molecule has 2 unspecified atom stereocenters. The van der Waals surface area contributed by atoms with Gasteiger partial charge in [0, 0.05) is 0 Å². The molecule has 0 heterocycles. The average Bonchev–Trinajstić information content (AvgIpc) is 2.04. The van der Waals surface area contributed by atoms with Crippen molar-refractivity contribution < 1.29 is 4.79 Å². The molecular formula is C7H10I2O. The van der Waals surface area contributed by atoms with Crippen LogP contribution in [0.25, 0.3) is 0 Å². The molecule has 3 heteroatoms. The van der Waals surface area contributed by atoms with Crippen molar-refractivity contribution in [3.05, 3.63) is 0 Å². The third kappa shape index (κ3) is 2.32. The summed E-state index contributed by atoms with van der Waals surface area (Å²) in [5.74, 6) is 0.457. The molecule has 0 saturated heterocycles. The van der Waals surface area contributed by atoms with E-state index < -0.39 is 0 Å². The molecule has 0 radical (unpaired) electrons. The van der Waals surface area contributed by atoms with Crippen LogP contribution in [0, 0.1) is 0 Å². The van der Waals surface area contributed by atoms with Crippen molar-refractivity contribution in [2.75, 3.05) is 0 Å². The first-order chi connectivity index (χ1) is 4.72. The van der Waals surface area contributed by atoms with Gasteiger partial charge in [-0.15, -0.1) is 0 Å². The molecule has 0 aromatic rings. The van der Waals surface area contributed by atoms with Crippen molar-refractivity contribution in [1.82, 2.24) is 0 Å². The summed E-state index contributed by atoms with van der Waals surface area (Å²) < 4.78 is 0.587. The second kappa shape index (κ2) is 4.23. The highest BCUT2D eigenvalue weighted by molar-refractivity contribution is 14.1. The van der Waals surface area contributed by atoms with E-state index >= 15 is 0 Å². The summed E-state index contributed by atoms with van der Waals surface area (Å²) in [6, 6.07) is 0. The summed E-state index contributed by atoms with van der Waals surface area (Å²) in [7, 11) is 0. The number of carbonyl (C=O) groups is 1. The fourth-order valence-electron chi connectivity index (χ4n) is 1.13. The van der Waals surface area contributed by atoms with Gasteiger partial charge in [0.15, 0.2) is 5.78 Å². The van der Waals surface area contributed by atoms with Gasteiger partial charge in [0.1, 0.15) is 0 Å². The Morgan fingerprint density at radius 2 is 1.50 bits per heavy atom. The lowest BCUT2D eigenvalue weighted by Crippen LogP contribution is -2.20. The van der Waals surface area contributed by atoms with Gasteiger partial charge in [0.25, 0.3) is 0 Å². The monoisotopic (exact) mass is 364 g/mol. The Kier molecular flexibility index (Phi) is 3.90. The highest BCUT2D eigenvalue weighted by atomic mass is 127. The lowest BCUT2D eigenvalue weighted by atomic mass is 10.2. The van der Waals surface area contributed by atoms with Crippen LogP contribution in [0.5, 0.6) is 0 Å². The van der Waals surface area contributed by atoms with Crippen molar-refractivity contribution in [3.8, 4) is 0 Å². The van der Waals surface area contributed by atoms with E-state index in [0.29, 0.717) is 13.6 Å². The molecule has 2 atom stereocenters. The van der Waals surface area contributed by atoms with Crippen LogP contribution >= 0.6 is 45.2 Å². The molecule has 1 nitrogen and oxygen atoms in total. The zero-order valence-corrected chi connectivity index (χ0v) is 9.96. The Hall–Kier alpha value is 1.13. The lowest BCUT2D eigenvalue weighted by Gasteiger charge is -2.06. The van der Waals surface area contributed by atoms with Crippen LogP contribution in [0.4, 0.5) is 0 Å². The van der Waals surface area contributed by atoms with Gasteiger partial charge in [0.05, 0.1) is 7.85 Å². The lowest BCUT2D eigenvalue weighted by molar-refractivity contribution is -0.117. The Morgan fingerprint density at radius 1 is 1.10 bits per heavy atom. The zero-order chi connectivity index (χ0) is 7.56. The van der Waals surface area contributed by atoms with Crippen molar-refractivity contribution in [2.45, 2.75) is 33.5 Å². The fraction of sp³-hybridized carbons (Fsp3) is 0.857. The Morgan fingerprint density at radius 3 is 1.90 bits per heavy atom. The molecule has 0 amide bonds. The number of rotatable bonds is 0. The summed E-state index contributed by atoms with van der Waals surface area (Å²) in [4.78, 5) is 11.3. The topological polar surface area (TPSA) is 17.1 Å². The first-order valence-corrected chi connectivity index (χ1v) is 6.03. The van der Waals surface area contributed by atoms with Crippen LogP contribution in [0.3, 0.4) is 0 Å². The number of hydrogen-bond donors (Lipinski definition) is 0. The maximum atomic E-state index is 11.3. The van der Waals surface area contributed by atoms with Gasteiger partial charge in [-0.3, -0.25) is 4.79 Å². The molecule has 1 saturated carbocycles. The van der Waals surface area contributed by atoms with Crippen molar-refractivity contribution >= 4 is 51.0 Å². The summed E-state index contributed by atoms with van der Waals surface area (Å²) in [5.41, 5.74) is 0. The molecule has 0 spiro atoms. The van der Waals surface area contributed by atoms with E-state index in [4.69, 9.17) is 0 Å². The van der Waals surface area contributed by atoms with Crippen molar-refractivity contribution in [1.29, 1.82) is 0 Å².